The van der Waals surface area contributed by atoms with E-state index in [-0.39, 0.29) is 18.2 Å². The lowest BCUT2D eigenvalue weighted by atomic mass is 9.93. The number of hydrogen-bond donors (Lipinski definition) is 2. The summed E-state index contributed by atoms with van der Waals surface area (Å²) in [7, 11) is 0. The Balaban J connectivity index is 1.93. The molecule has 0 heterocycles. The monoisotopic (exact) mass is 543 g/mol. The number of amides is 3. The number of aryl methyl sites for hydroxylation is 3. The number of hydrogen-bond acceptors (Lipinski definition) is 4. The first kappa shape index (κ1) is 30.4. The van der Waals surface area contributed by atoms with Gasteiger partial charge in [-0.25, -0.2) is 4.79 Å². The van der Waals surface area contributed by atoms with Crippen molar-refractivity contribution in [3.05, 3.63) is 101 Å². The highest BCUT2D eigenvalue weighted by atomic mass is 16.6. The predicted molar refractivity (Wildman–Crippen MR) is 159 cm³/mol. The molecule has 0 saturated heterocycles. The molecule has 0 aromatic heterocycles. The molecule has 212 valence electrons. The third kappa shape index (κ3) is 8.43. The molecule has 0 fully saturated rings. The van der Waals surface area contributed by atoms with E-state index in [1.807, 2.05) is 69.3 Å². The van der Waals surface area contributed by atoms with Crippen LogP contribution in [0.25, 0.3) is 0 Å². The molecule has 40 heavy (non-hydrogen) atoms. The van der Waals surface area contributed by atoms with Gasteiger partial charge in [-0.3, -0.25) is 9.59 Å². The highest BCUT2D eigenvalue weighted by Crippen LogP contribution is 2.26. The number of nitrogens with zero attached hydrogens (tertiary/aromatic N) is 1. The fraction of sp³-hybridized carbons (Fsp3) is 0.364. The van der Waals surface area contributed by atoms with E-state index in [4.69, 9.17) is 10.5 Å². The summed E-state index contributed by atoms with van der Waals surface area (Å²) in [5, 5.41) is 2.99. The van der Waals surface area contributed by atoms with Crippen LogP contribution in [0, 0.1) is 26.7 Å². The first-order valence-electron chi connectivity index (χ1n) is 13.6. The zero-order valence-corrected chi connectivity index (χ0v) is 24.4. The van der Waals surface area contributed by atoms with Gasteiger partial charge in [-0.15, -0.1) is 0 Å². The quantitative estimate of drug-likeness (QED) is 0.312. The third-order valence-electron chi connectivity index (χ3n) is 7.10. The maximum atomic E-state index is 14.3. The van der Waals surface area contributed by atoms with Crippen molar-refractivity contribution < 1.29 is 19.1 Å². The molecule has 7 nitrogen and oxygen atoms in total. The average molecular weight is 544 g/mol. The molecule has 0 radical (unpaired) electrons. The Morgan fingerprint density at radius 1 is 0.925 bits per heavy atom. The van der Waals surface area contributed by atoms with Crippen molar-refractivity contribution in [2.45, 2.75) is 66.0 Å². The molecule has 1 unspecified atom stereocenters. The Morgan fingerprint density at radius 3 is 2.17 bits per heavy atom. The Morgan fingerprint density at radius 2 is 1.57 bits per heavy atom. The van der Waals surface area contributed by atoms with E-state index < -0.39 is 23.7 Å². The number of ether oxygens (including phenoxy) is 1. The topological polar surface area (TPSA) is 102 Å². The number of nitrogens with two attached hydrogens (primary N) is 1. The molecule has 3 aromatic carbocycles. The van der Waals surface area contributed by atoms with E-state index in [0.717, 1.165) is 22.4 Å². The van der Waals surface area contributed by atoms with Crippen LogP contribution in [0.4, 0.5) is 10.5 Å². The van der Waals surface area contributed by atoms with Crippen LogP contribution in [0.3, 0.4) is 0 Å². The lowest BCUT2D eigenvalue weighted by molar-refractivity contribution is -0.131. The van der Waals surface area contributed by atoms with Gasteiger partial charge in [0.2, 0.25) is 5.91 Å². The third-order valence-corrected chi connectivity index (χ3v) is 7.10. The van der Waals surface area contributed by atoms with Crippen LogP contribution < -0.4 is 16.0 Å². The molecule has 3 rings (SSSR count). The zero-order valence-electron chi connectivity index (χ0n) is 24.4. The van der Waals surface area contributed by atoms with Gasteiger partial charge in [0.15, 0.2) is 0 Å². The van der Waals surface area contributed by atoms with Crippen LogP contribution >= 0.6 is 0 Å². The minimum absolute atomic E-state index is 0.227. The van der Waals surface area contributed by atoms with Gasteiger partial charge in [-0.1, -0.05) is 73.2 Å². The van der Waals surface area contributed by atoms with Gasteiger partial charge in [-0.05, 0) is 81.8 Å². The standard InChI is InChI=1S/C33H41N3O4/c1-22-12-15-26(16-13-22)18-19-36(28-17-14-23(2)24(3)20-28)31(38)29(27-10-8-7-9-11-27)35-30(37)25(4)21-33(5,6)40-32(34)39/h7-17,20,25,29H,18-19,21H2,1-6H3,(H2,34,39)(H,35,37)/t25-,29?/m0/s1. The smallest absolute Gasteiger partial charge is 0.405 e. The Kier molecular flexibility index (Phi) is 10.1. The fourth-order valence-electron chi connectivity index (χ4n) is 4.77. The summed E-state index contributed by atoms with van der Waals surface area (Å²) in [5.74, 6) is -1.09. The summed E-state index contributed by atoms with van der Waals surface area (Å²) in [4.78, 5) is 40.8. The van der Waals surface area contributed by atoms with Gasteiger partial charge >= 0.3 is 6.09 Å². The second-order valence-corrected chi connectivity index (χ2v) is 11.1. The summed E-state index contributed by atoms with van der Waals surface area (Å²) < 4.78 is 5.18. The van der Waals surface area contributed by atoms with Crippen molar-refractivity contribution >= 4 is 23.6 Å². The molecule has 0 aliphatic carbocycles. The molecule has 3 aromatic rings. The molecule has 0 aliphatic heterocycles. The van der Waals surface area contributed by atoms with Gasteiger partial charge in [-0.2, -0.15) is 0 Å². The van der Waals surface area contributed by atoms with Crippen LogP contribution in [-0.4, -0.2) is 30.1 Å². The second kappa shape index (κ2) is 13.3. The molecule has 0 spiro atoms. The van der Waals surface area contributed by atoms with Crippen LogP contribution in [0.2, 0.25) is 0 Å². The molecule has 0 bridgehead atoms. The summed E-state index contributed by atoms with van der Waals surface area (Å²) in [5.41, 5.74) is 10.2. The molecule has 7 heteroatoms. The fourth-order valence-corrected chi connectivity index (χ4v) is 4.77. The number of carbonyl (C=O) groups is 3. The van der Waals surface area contributed by atoms with Gasteiger partial charge < -0.3 is 20.7 Å². The minimum Gasteiger partial charge on any atom is -0.444 e. The number of primary amides is 1. The molecule has 3 amide bonds. The van der Waals surface area contributed by atoms with Crippen LogP contribution in [0.1, 0.15) is 61.1 Å². The van der Waals surface area contributed by atoms with Gasteiger partial charge in [0.25, 0.3) is 5.91 Å². The molecular weight excluding hydrogens is 502 g/mol. The summed E-state index contributed by atoms with van der Waals surface area (Å²) in [6.07, 6.45) is 0.00225. The van der Waals surface area contributed by atoms with Crippen molar-refractivity contribution in [3.8, 4) is 0 Å². The van der Waals surface area contributed by atoms with Crippen molar-refractivity contribution in [2.24, 2.45) is 11.7 Å². The van der Waals surface area contributed by atoms with E-state index in [1.165, 1.54) is 5.56 Å². The van der Waals surface area contributed by atoms with Crippen molar-refractivity contribution in [2.75, 3.05) is 11.4 Å². The number of benzene rings is 3. The van der Waals surface area contributed by atoms with E-state index in [2.05, 4.69) is 29.6 Å². The largest absolute Gasteiger partial charge is 0.444 e. The van der Waals surface area contributed by atoms with E-state index in [0.29, 0.717) is 18.5 Å². The van der Waals surface area contributed by atoms with Crippen molar-refractivity contribution in [1.82, 2.24) is 5.32 Å². The maximum Gasteiger partial charge on any atom is 0.405 e. The SMILES string of the molecule is Cc1ccc(CCN(C(=O)C(NC(=O)[C@@H](C)CC(C)(C)OC(N)=O)c2ccccc2)c2ccc(C)c(C)c2)cc1. The number of anilines is 1. The van der Waals surface area contributed by atoms with E-state index in [1.54, 1.807) is 25.7 Å². The minimum atomic E-state index is -0.936. The van der Waals surface area contributed by atoms with Gasteiger partial charge in [0.1, 0.15) is 11.6 Å². The Bertz CT molecular complexity index is 1320. The van der Waals surface area contributed by atoms with E-state index >= 15 is 0 Å². The lowest BCUT2D eigenvalue weighted by Crippen LogP contribution is -2.46. The number of nitrogens with one attached hydrogen (secondary N) is 1. The highest BCUT2D eigenvalue weighted by Gasteiger charge is 2.33. The van der Waals surface area contributed by atoms with Crippen molar-refractivity contribution in [3.63, 3.8) is 0 Å². The highest BCUT2D eigenvalue weighted by molar-refractivity contribution is 6.00. The second-order valence-electron chi connectivity index (χ2n) is 11.1. The number of carbonyl (C=O) groups excluding carboxylic acids is 3. The first-order chi connectivity index (χ1) is 18.9. The summed E-state index contributed by atoms with van der Waals surface area (Å²) in [6.45, 7) is 11.7. The Labute approximate surface area is 237 Å². The predicted octanol–water partition coefficient (Wildman–Crippen LogP) is 5.95. The van der Waals surface area contributed by atoms with Crippen LogP contribution in [0.15, 0.2) is 72.8 Å². The molecule has 0 saturated carbocycles. The van der Waals surface area contributed by atoms with E-state index in [9.17, 15) is 14.4 Å². The summed E-state index contributed by atoms with van der Waals surface area (Å²) in [6, 6.07) is 22.6. The number of rotatable bonds is 11. The summed E-state index contributed by atoms with van der Waals surface area (Å²) >= 11 is 0. The molecule has 2 atom stereocenters. The molecule has 3 N–H and O–H groups in total. The average Bonchev–Trinajstić information content (AvgIpc) is 2.89. The zero-order chi connectivity index (χ0) is 29.4. The normalized spacial score (nSPS) is 12.8. The van der Waals surface area contributed by atoms with Crippen molar-refractivity contribution in [1.29, 1.82) is 0 Å². The molecular formula is C33H41N3O4. The maximum absolute atomic E-state index is 14.3. The molecule has 0 aliphatic rings. The lowest BCUT2D eigenvalue weighted by Gasteiger charge is -2.31. The van der Waals surface area contributed by atoms with Gasteiger partial charge in [0.05, 0.1) is 0 Å². The van der Waals surface area contributed by atoms with Crippen LogP contribution in [0.5, 0.6) is 0 Å². The Hall–Kier alpha value is -4.13. The van der Waals surface area contributed by atoms with Crippen LogP contribution in [-0.2, 0) is 20.7 Å². The van der Waals surface area contributed by atoms with Gasteiger partial charge in [0, 0.05) is 18.2 Å². The first-order valence-corrected chi connectivity index (χ1v) is 13.6.